The van der Waals surface area contributed by atoms with Crippen molar-refractivity contribution in [1.29, 1.82) is 0 Å². The van der Waals surface area contributed by atoms with E-state index < -0.39 is 5.60 Å². The predicted molar refractivity (Wildman–Crippen MR) is 86.7 cm³/mol. The van der Waals surface area contributed by atoms with Gasteiger partial charge in [0.2, 0.25) is 0 Å². The summed E-state index contributed by atoms with van der Waals surface area (Å²) in [6.07, 6.45) is 4.59. The lowest BCUT2D eigenvalue weighted by molar-refractivity contribution is 0.0169. The molecule has 0 spiro atoms. The van der Waals surface area contributed by atoms with Crippen LogP contribution >= 0.6 is 0 Å². The maximum absolute atomic E-state index is 10.9. The molecule has 20 heavy (non-hydrogen) atoms. The van der Waals surface area contributed by atoms with Crippen LogP contribution in [0.4, 0.5) is 0 Å². The van der Waals surface area contributed by atoms with Gasteiger partial charge < -0.3 is 10.8 Å². The number of benzene rings is 1. The molecule has 0 fully saturated rings. The molecule has 0 aromatic heterocycles. The highest BCUT2D eigenvalue weighted by Crippen LogP contribution is 2.32. The molecule has 0 atom stereocenters. The standard InChI is InChI=1S/C18H31NO/c1-5-10-18(20,11-6-2)16-9-7-8-15(12-16)13-17(3,4)14-19/h7-9,12,20H,5-6,10-11,13-14,19H2,1-4H3. The second-order valence-electron chi connectivity index (χ2n) is 6.78. The minimum absolute atomic E-state index is 0.103. The number of aliphatic hydroxyl groups is 1. The Morgan fingerprint density at radius 2 is 1.70 bits per heavy atom. The van der Waals surface area contributed by atoms with Crippen molar-refractivity contribution in [2.24, 2.45) is 11.1 Å². The Bertz CT molecular complexity index is 406. The van der Waals surface area contributed by atoms with E-state index in [1.54, 1.807) is 0 Å². The topological polar surface area (TPSA) is 46.2 Å². The highest BCUT2D eigenvalue weighted by molar-refractivity contribution is 5.29. The van der Waals surface area contributed by atoms with Crippen LogP contribution in [0.3, 0.4) is 0 Å². The first-order chi connectivity index (χ1) is 9.37. The quantitative estimate of drug-likeness (QED) is 0.754. The van der Waals surface area contributed by atoms with Crippen LogP contribution in [-0.2, 0) is 12.0 Å². The molecule has 2 heteroatoms. The molecule has 0 aliphatic heterocycles. The van der Waals surface area contributed by atoms with Crippen molar-refractivity contribution >= 4 is 0 Å². The molecule has 0 saturated heterocycles. The summed E-state index contributed by atoms with van der Waals surface area (Å²) in [5.41, 5.74) is 7.58. The van der Waals surface area contributed by atoms with E-state index in [-0.39, 0.29) is 5.41 Å². The van der Waals surface area contributed by atoms with Crippen molar-refractivity contribution in [3.05, 3.63) is 35.4 Å². The summed E-state index contributed by atoms with van der Waals surface area (Å²) in [6.45, 7) is 9.29. The highest BCUT2D eigenvalue weighted by Gasteiger charge is 2.27. The lowest BCUT2D eigenvalue weighted by atomic mass is 9.81. The van der Waals surface area contributed by atoms with Crippen molar-refractivity contribution in [3.8, 4) is 0 Å². The van der Waals surface area contributed by atoms with Crippen LogP contribution in [0.2, 0.25) is 0 Å². The van der Waals surface area contributed by atoms with Crippen LogP contribution in [0.25, 0.3) is 0 Å². The van der Waals surface area contributed by atoms with Gasteiger partial charge in [0.25, 0.3) is 0 Å². The van der Waals surface area contributed by atoms with Crippen molar-refractivity contribution in [1.82, 2.24) is 0 Å². The van der Waals surface area contributed by atoms with Gasteiger partial charge in [-0.05, 0) is 42.3 Å². The Kier molecular flexibility index (Phi) is 6.22. The van der Waals surface area contributed by atoms with Gasteiger partial charge in [-0.3, -0.25) is 0 Å². The molecule has 0 heterocycles. The van der Waals surface area contributed by atoms with Crippen LogP contribution in [0.5, 0.6) is 0 Å². The molecule has 2 nitrogen and oxygen atoms in total. The molecule has 0 aliphatic rings. The molecule has 0 unspecified atom stereocenters. The zero-order chi connectivity index (χ0) is 15.2. The Balaban J connectivity index is 3.01. The molecule has 1 aromatic rings. The van der Waals surface area contributed by atoms with Crippen molar-refractivity contribution < 1.29 is 5.11 Å². The number of rotatable bonds is 8. The third-order valence-electron chi connectivity index (χ3n) is 4.03. The van der Waals surface area contributed by atoms with Gasteiger partial charge in [-0.25, -0.2) is 0 Å². The molecule has 0 aliphatic carbocycles. The average Bonchev–Trinajstić information content (AvgIpc) is 2.39. The van der Waals surface area contributed by atoms with Gasteiger partial charge in [-0.2, -0.15) is 0 Å². The van der Waals surface area contributed by atoms with Crippen molar-refractivity contribution in [2.75, 3.05) is 6.54 Å². The summed E-state index contributed by atoms with van der Waals surface area (Å²) in [5.74, 6) is 0. The van der Waals surface area contributed by atoms with Crippen LogP contribution in [0.15, 0.2) is 24.3 Å². The monoisotopic (exact) mass is 277 g/mol. The van der Waals surface area contributed by atoms with Gasteiger partial charge >= 0.3 is 0 Å². The van der Waals surface area contributed by atoms with Gasteiger partial charge in [0, 0.05) is 0 Å². The molecule has 3 N–H and O–H groups in total. The third kappa shape index (κ3) is 4.60. The van der Waals surface area contributed by atoms with E-state index in [4.69, 9.17) is 5.73 Å². The molecule has 0 bridgehead atoms. The summed E-state index contributed by atoms with van der Waals surface area (Å²) < 4.78 is 0. The first kappa shape index (κ1) is 17.2. The zero-order valence-corrected chi connectivity index (χ0v) is 13.6. The van der Waals surface area contributed by atoms with E-state index in [1.165, 1.54) is 5.56 Å². The largest absolute Gasteiger partial charge is 0.385 e. The first-order valence-corrected chi connectivity index (χ1v) is 7.89. The van der Waals surface area contributed by atoms with E-state index in [9.17, 15) is 5.11 Å². The summed E-state index contributed by atoms with van der Waals surface area (Å²) >= 11 is 0. The van der Waals surface area contributed by atoms with Crippen LogP contribution in [0.1, 0.15) is 64.5 Å². The average molecular weight is 277 g/mol. The Morgan fingerprint density at radius 3 is 2.20 bits per heavy atom. The maximum atomic E-state index is 10.9. The number of hydrogen-bond acceptors (Lipinski definition) is 2. The van der Waals surface area contributed by atoms with Gasteiger partial charge in [-0.1, -0.05) is 64.8 Å². The predicted octanol–water partition coefficient (Wildman–Crippen LogP) is 4.00. The van der Waals surface area contributed by atoms with E-state index in [0.29, 0.717) is 6.54 Å². The molecular weight excluding hydrogens is 246 g/mol. The minimum atomic E-state index is -0.674. The Hall–Kier alpha value is -0.860. The van der Waals surface area contributed by atoms with Gasteiger partial charge in [0.05, 0.1) is 5.60 Å². The van der Waals surface area contributed by atoms with Crippen LogP contribution < -0.4 is 5.73 Å². The molecular formula is C18H31NO. The lowest BCUT2D eigenvalue weighted by Gasteiger charge is -2.29. The lowest BCUT2D eigenvalue weighted by Crippen LogP contribution is -2.27. The molecule has 0 saturated carbocycles. The Labute approximate surface area is 124 Å². The fourth-order valence-corrected chi connectivity index (χ4v) is 2.84. The summed E-state index contributed by atoms with van der Waals surface area (Å²) in [6, 6.07) is 8.43. The molecule has 0 amide bonds. The third-order valence-corrected chi connectivity index (χ3v) is 4.03. The zero-order valence-electron chi connectivity index (χ0n) is 13.6. The fourth-order valence-electron chi connectivity index (χ4n) is 2.84. The molecule has 1 aromatic carbocycles. The van der Waals surface area contributed by atoms with Gasteiger partial charge in [0.15, 0.2) is 0 Å². The first-order valence-electron chi connectivity index (χ1n) is 7.89. The number of hydrogen-bond donors (Lipinski definition) is 2. The highest BCUT2D eigenvalue weighted by atomic mass is 16.3. The van der Waals surface area contributed by atoms with E-state index in [1.807, 2.05) is 0 Å². The normalized spacial score (nSPS) is 12.7. The second kappa shape index (κ2) is 7.24. The Morgan fingerprint density at radius 1 is 1.10 bits per heavy atom. The van der Waals surface area contributed by atoms with E-state index >= 15 is 0 Å². The van der Waals surface area contributed by atoms with E-state index in [0.717, 1.165) is 37.7 Å². The molecule has 114 valence electrons. The number of nitrogens with two attached hydrogens (primary N) is 1. The van der Waals surface area contributed by atoms with Crippen LogP contribution in [0, 0.1) is 5.41 Å². The summed E-state index contributed by atoms with van der Waals surface area (Å²) in [5, 5.41) is 10.9. The van der Waals surface area contributed by atoms with Crippen LogP contribution in [-0.4, -0.2) is 11.7 Å². The minimum Gasteiger partial charge on any atom is -0.385 e. The van der Waals surface area contributed by atoms with Gasteiger partial charge in [0.1, 0.15) is 0 Å². The van der Waals surface area contributed by atoms with Crippen molar-refractivity contribution in [2.45, 2.75) is 65.4 Å². The SMILES string of the molecule is CCCC(O)(CCC)c1cccc(CC(C)(C)CN)c1. The second-order valence-corrected chi connectivity index (χ2v) is 6.78. The smallest absolute Gasteiger partial charge is 0.0896 e. The molecule has 0 radical (unpaired) electrons. The summed E-state index contributed by atoms with van der Waals surface area (Å²) in [7, 11) is 0. The van der Waals surface area contributed by atoms with Crippen molar-refractivity contribution in [3.63, 3.8) is 0 Å². The fraction of sp³-hybridized carbons (Fsp3) is 0.667. The van der Waals surface area contributed by atoms with Gasteiger partial charge in [-0.15, -0.1) is 0 Å². The molecule has 1 rings (SSSR count). The van der Waals surface area contributed by atoms with E-state index in [2.05, 4.69) is 52.0 Å². The maximum Gasteiger partial charge on any atom is 0.0896 e. The summed E-state index contributed by atoms with van der Waals surface area (Å²) in [4.78, 5) is 0.